The van der Waals surface area contributed by atoms with E-state index in [2.05, 4.69) is 9.88 Å². The van der Waals surface area contributed by atoms with Crippen LogP contribution in [0.3, 0.4) is 0 Å². The molecule has 2 rings (SSSR count). The Labute approximate surface area is 93.2 Å². The molecule has 1 amide bonds. The molecule has 86 valence electrons. The number of nitrogens with two attached hydrogens (primary N) is 2. The van der Waals surface area contributed by atoms with E-state index in [-0.39, 0.29) is 6.10 Å². The van der Waals surface area contributed by atoms with Gasteiger partial charge in [0.2, 0.25) is 0 Å². The van der Waals surface area contributed by atoms with Crippen molar-refractivity contribution < 1.29 is 9.53 Å². The van der Waals surface area contributed by atoms with Crippen LogP contribution < -0.4 is 16.4 Å². The van der Waals surface area contributed by atoms with Crippen molar-refractivity contribution in [2.75, 3.05) is 23.7 Å². The number of rotatable bonds is 2. The molecule has 1 saturated heterocycles. The van der Waals surface area contributed by atoms with Crippen LogP contribution in [-0.2, 0) is 4.74 Å². The van der Waals surface area contributed by atoms with E-state index in [0.717, 1.165) is 18.7 Å². The second-order valence-corrected chi connectivity index (χ2v) is 3.73. The number of carbonyl (C=O) groups excluding carboxylic acids is 1. The Morgan fingerprint density at radius 2 is 2.44 bits per heavy atom. The van der Waals surface area contributed by atoms with Crippen molar-refractivity contribution in [3.8, 4) is 0 Å². The number of primary amides is 1. The summed E-state index contributed by atoms with van der Waals surface area (Å²) in [5.74, 6) is 0. The molecule has 6 heteroatoms. The number of anilines is 2. The molecule has 0 saturated carbocycles. The van der Waals surface area contributed by atoms with Gasteiger partial charge in [-0.05, 0) is 6.07 Å². The topological polar surface area (TPSA) is 94.5 Å². The highest BCUT2D eigenvalue weighted by Gasteiger charge is 2.26. The van der Waals surface area contributed by atoms with E-state index in [0.29, 0.717) is 12.2 Å². The summed E-state index contributed by atoms with van der Waals surface area (Å²) in [6.07, 6.45) is 3.19. The summed E-state index contributed by atoms with van der Waals surface area (Å²) in [5, 5.41) is 0. The molecule has 1 aromatic rings. The molecule has 0 spiro atoms. The highest BCUT2D eigenvalue weighted by Crippen LogP contribution is 2.26. The average Bonchev–Trinajstić information content (AvgIpc) is 2.66. The van der Waals surface area contributed by atoms with Gasteiger partial charge < -0.3 is 21.1 Å². The predicted octanol–water partition coefficient (Wildman–Crippen LogP) is 0.338. The van der Waals surface area contributed by atoms with Crippen molar-refractivity contribution in [3.63, 3.8) is 0 Å². The molecule has 1 unspecified atom stereocenters. The largest absolute Gasteiger partial charge is 0.444 e. The van der Waals surface area contributed by atoms with Crippen molar-refractivity contribution in [2.45, 2.75) is 12.5 Å². The summed E-state index contributed by atoms with van der Waals surface area (Å²) in [5.41, 5.74) is 12.3. The number of nitrogens with zero attached hydrogens (tertiary/aromatic N) is 2. The van der Waals surface area contributed by atoms with Gasteiger partial charge >= 0.3 is 6.09 Å². The molecule has 4 N–H and O–H groups in total. The molecule has 2 heterocycles. The lowest BCUT2D eigenvalue weighted by atomic mass is 10.3. The van der Waals surface area contributed by atoms with E-state index < -0.39 is 6.09 Å². The van der Waals surface area contributed by atoms with E-state index in [4.69, 9.17) is 16.2 Å². The second kappa shape index (κ2) is 4.26. The van der Waals surface area contributed by atoms with Crippen LogP contribution in [0.25, 0.3) is 0 Å². The van der Waals surface area contributed by atoms with Crippen LogP contribution in [0.5, 0.6) is 0 Å². The van der Waals surface area contributed by atoms with E-state index in [1.165, 1.54) is 0 Å². The monoisotopic (exact) mass is 222 g/mol. The first-order valence-corrected chi connectivity index (χ1v) is 5.07. The minimum Gasteiger partial charge on any atom is -0.444 e. The zero-order valence-electron chi connectivity index (χ0n) is 8.80. The molecule has 1 aromatic heterocycles. The summed E-state index contributed by atoms with van der Waals surface area (Å²) >= 11 is 0. The van der Waals surface area contributed by atoms with Crippen LogP contribution in [0.4, 0.5) is 16.2 Å². The van der Waals surface area contributed by atoms with Crippen LogP contribution >= 0.6 is 0 Å². The molecule has 16 heavy (non-hydrogen) atoms. The number of amides is 1. The third-order valence-electron chi connectivity index (χ3n) is 2.60. The van der Waals surface area contributed by atoms with Gasteiger partial charge in [0, 0.05) is 19.2 Å². The average molecular weight is 222 g/mol. The smallest absolute Gasteiger partial charge is 0.404 e. The number of aromatic nitrogens is 1. The molecule has 0 aromatic carbocycles. The first-order valence-electron chi connectivity index (χ1n) is 5.07. The van der Waals surface area contributed by atoms with Crippen LogP contribution in [0.15, 0.2) is 18.5 Å². The van der Waals surface area contributed by atoms with Gasteiger partial charge in [0.25, 0.3) is 0 Å². The maximum absolute atomic E-state index is 10.6. The van der Waals surface area contributed by atoms with Gasteiger partial charge in [-0.25, -0.2) is 4.79 Å². The summed E-state index contributed by atoms with van der Waals surface area (Å²) in [6, 6.07) is 1.85. The Hall–Kier alpha value is -1.98. The van der Waals surface area contributed by atoms with Crippen LogP contribution in [0.1, 0.15) is 6.42 Å². The van der Waals surface area contributed by atoms with Crippen molar-refractivity contribution in [2.24, 2.45) is 5.73 Å². The molecule has 0 radical (unpaired) electrons. The van der Waals surface area contributed by atoms with Crippen molar-refractivity contribution in [1.82, 2.24) is 4.98 Å². The van der Waals surface area contributed by atoms with Crippen molar-refractivity contribution >= 4 is 17.5 Å². The molecule has 0 bridgehead atoms. The van der Waals surface area contributed by atoms with Gasteiger partial charge in [-0.15, -0.1) is 0 Å². The van der Waals surface area contributed by atoms with Crippen molar-refractivity contribution in [3.05, 3.63) is 18.5 Å². The number of nitrogen functional groups attached to an aromatic ring is 1. The number of ether oxygens (including phenoxy) is 1. The number of hydrogen-bond acceptors (Lipinski definition) is 5. The zero-order chi connectivity index (χ0) is 11.5. The normalized spacial score (nSPS) is 19.8. The summed E-state index contributed by atoms with van der Waals surface area (Å²) in [7, 11) is 0. The summed E-state index contributed by atoms with van der Waals surface area (Å²) in [4.78, 5) is 16.6. The molecular weight excluding hydrogens is 208 g/mol. The quantitative estimate of drug-likeness (QED) is 0.752. The third kappa shape index (κ3) is 2.16. The Kier molecular flexibility index (Phi) is 2.80. The fourth-order valence-corrected chi connectivity index (χ4v) is 1.89. The Morgan fingerprint density at radius 3 is 3.12 bits per heavy atom. The fraction of sp³-hybridized carbons (Fsp3) is 0.400. The molecule has 0 aliphatic carbocycles. The summed E-state index contributed by atoms with van der Waals surface area (Å²) < 4.78 is 4.94. The number of hydrogen-bond donors (Lipinski definition) is 2. The maximum atomic E-state index is 10.6. The molecule has 1 aliphatic rings. The third-order valence-corrected chi connectivity index (χ3v) is 2.60. The lowest BCUT2D eigenvalue weighted by molar-refractivity contribution is 0.117. The van der Waals surface area contributed by atoms with Gasteiger partial charge in [-0.1, -0.05) is 0 Å². The predicted molar refractivity (Wildman–Crippen MR) is 59.9 cm³/mol. The minimum atomic E-state index is -0.727. The van der Waals surface area contributed by atoms with E-state index in [1.807, 2.05) is 6.07 Å². The highest BCUT2D eigenvalue weighted by atomic mass is 16.6. The molecule has 1 atom stereocenters. The SMILES string of the molecule is NC(=O)OC1CCN(c2ccncc2N)C1. The van der Waals surface area contributed by atoms with Crippen LogP contribution in [-0.4, -0.2) is 30.3 Å². The second-order valence-electron chi connectivity index (χ2n) is 3.73. The molecule has 1 aliphatic heterocycles. The molecular formula is C10H14N4O2. The Balaban J connectivity index is 2.04. The van der Waals surface area contributed by atoms with Gasteiger partial charge in [0.15, 0.2) is 0 Å². The van der Waals surface area contributed by atoms with Crippen molar-refractivity contribution in [1.29, 1.82) is 0 Å². The van der Waals surface area contributed by atoms with Gasteiger partial charge in [-0.3, -0.25) is 4.98 Å². The van der Waals surface area contributed by atoms with Gasteiger partial charge in [0.05, 0.1) is 24.1 Å². The Morgan fingerprint density at radius 1 is 1.62 bits per heavy atom. The standard InChI is InChI=1S/C10H14N4O2/c11-8-5-13-3-1-9(8)14-4-2-7(6-14)16-10(12)15/h1,3,5,7H,2,4,6,11H2,(H2,12,15). The van der Waals surface area contributed by atoms with Crippen LogP contribution in [0, 0.1) is 0 Å². The lowest BCUT2D eigenvalue weighted by Crippen LogP contribution is -2.27. The number of carbonyl (C=O) groups is 1. The van der Waals surface area contributed by atoms with E-state index >= 15 is 0 Å². The Bertz CT molecular complexity index is 396. The highest BCUT2D eigenvalue weighted by molar-refractivity contribution is 5.67. The molecule has 1 fully saturated rings. The first kappa shape index (κ1) is 10.5. The fourth-order valence-electron chi connectivity index (χ4n) is 1.89. The maximum Gasteiger partial charge on any atom is 0.404 e. The summed E-state index contributed by atoms with van der Waals surface area (Å²) in [6.45, 7) is 1.42. The zero-order valence-corrected chi connectivity index (χ0v) is 8.80. The minimum absolute atomic E-state index is 0.148. The van der Waals surface area contributed by atoms with Gasteiger partial charge in [0.1, 0.15) is 6.10 Å². The van der Waals surface area contributed by atoms with E-state index in [1.54, 1.807) is 12.4 Å². The van der Waals surface area contributed by atoms with Gasteiger partial charge in [-0.2, -0.15) is 0 Å². The first-order chi connectivity index (χ1) is 7.66. The molecule has 6 nitrogen and oxygen atoms in total. The lowest BCUT2D eigenvalue weighted by Gasteiger charge is -2.19. The van der Waals surface area contributed by atoms with E-state index in [9.17, 15) is 4.79 Å². The number of pyridine rings is 1. The van der Waals surface area contributed by atoms with Crippen LogP contribution in [0.2, 0.25) is 0 Å².